The first-order valence-corrected chi connectivity index (χ1v) is 13.4. The van der Waals surface area contributed by atoms with Gasteiger partial charge in [0.15, 0.2) is 27.1 Å². The zero-order chi connectivity index (χ0) is 26.0. The average Bonchev–Trinajstić information content (AvgIpc) is 3.32. The summed E-state index contributed by atoms with van der Waals surface area (Å²) in [5.74, 6) is 1.03. The third kappa shape index (κ3) is 5.39. The van der Waals surface area contributed by atoms with Crippen molar-refractivity contribution in [3.8, 4) is 34.0 Å². The van der Waals surface area contributed by atoms with Crippen LogP contribution in [0.3, 0.4) is 0 Å². The number of hydrogen-bond donors (Lipinski definition) is 2. The Labute approximate surface area is 214 Å². The molecular formula is C24H28B3N5O3S. The van der Waals surface area contributed by atoms with E-state index in [0.29, 0.717) is 34.2 Å². The molecule has 0 saturated carbocycles. The molecule has 0 aliphatic rings. The highest BCUT2D eigenvalue weighted by atomic mass is 32.2. The molecule has 4 rings (SSSR count). The molecule has 2 aromatic heterocycles. The van der Waals surface area contributed by atoms with Crippen LogP contribution < -0.4 is 16.5 Å². The fourth-order valence-corrected chi connectivity index (χ4v) is 4.82. The van der Waals surface area contributed by atoms with Gasteiger partial charge in [-0.2, -0.15) is 0 Å². The monoisotopic (exact) mass is 499 g/mol. The molecule has 0 fully saturated rings. The van der Waals surface area contributed by atoms with E-state index < -0.39 is 15.1 Å². The minimum Gasteiger partial charge on any atom is -0.382 e. The molecular weight excluding hydrogens is 471 g/mol. The molecule has 0 unspecified atom stereocenters. The van der Waals surface area contributed by atoms with Gasteiger partial charge >= 0.3 is 0 Å². The third-order valence-corrected chi connectivity index (χ3v) is 8.10. The van der Waals surface area contributed by atoms with Crippen LogP contribution in [-0.2, 0) is 16.4 Å². The smallest absolute Gasteiger partial charge is 0.189 e. The lowest BCUT2D eigenvalue weighted by molar-refractivity contribution is 0.434. The number of sulfone groups is 1. The van der Waals surface area contributed by atoms with E-state index >= 15 is 0 Å². The van der Waals surface area contributed by atoms with E-state index in [-0.39, 0.29) is 10.7 Å². The fourth-order valence-electron chi connectivity index (χ4n) is 3.77. The van der Waals surface area contributed by atoms with Crippen molar-refractivity contribution in [1.82, 2.24) is 20.4 Å². The standard InChI is InChI=1S/C24H28B3N5O3S/c1-13(2)36(33,34)16-6-4-15(5-7-16)20-12-29-23(28)22(31-20)21-10-19(32-35-21)17-8-3-14(9-18(17)25)11-30-24(26)27/h3-10,12-13,24,30H,11,25-27H2,1-2H3,(H2,28,29). The molecule has 0 bridgehead atoms. The van der Waals surface area contributed by atoms with Gasteiger partial charge in [0.1, 0.15) is 29.2 Å². The van der Waals surface area contributed by atoms with E-state index in [1.165, 1.54) is 5.56 Å². The van der Waals surface area contributed by atoms with Crippen LogP contribution >= 0.6 is 0 Å². The molecule has 0 spiro atoms. The van der Waals surface area contributed by atoms with Gasteiger partial charge in [-0.1, -0.05) is 46.8 Å². The molecule has 2 heterocycles. The minimum absolute atomic E-state index is 0.215. The molecule has 4 aromatic rings. The van der Waals surface area contributed by atoms with Gasteiger partial charge in [-0.25, -0.2) is 18.4 Å². The summed E-state index contributed by atoms with van der Waals surface area (Å²) in [6.07, 6.45) is 1.55. The van der Waals surface area contributed by atoms with Crippen LogP contribution in [0.5, 0.6) is 0 Å². The lowest BCUT2D eigenvalue weighted by Crippen LogP contribution is -2.29. The van der Waals surface area contributed by atoms with Crippen molar-refractivity contribution in [2.45, 2.75) is 36.4 Å². The van der Waals surface area contributed by atoms with Crippen molar-refractivity contribution in [3.05, 3.63) is 60.3 Å². The first kappa shape index (κ1) is 25.7. The second-order valence-corrected chi connectivity index (χ2v) is 11.9. The molecule has 0 aliphatic heterocycles. The van der Waals surface area contributed by atoms with Crippen LogP contribution in [0.25, 0.3) is 34.0 Å². The number of rotatable bonds is 8. The molecule has 182 valence electrons. The number of aromatic nitrogens is 3. The Balaban J connectivity index is 1.62. The summed E-state index contributed by atoms with van der Waals surface area (Å²) in [5.41, 5.74) is 11.7. The van der Waals surface area contributed by atoms with Gasteiger partial charge in [0, 0.05) is 18.2 Å². The molecule has 0 aliphatic carbocycles. The number of nitrogens with zero attached hydrogens (tertiary/aromatic N) is 3. The highest BCUT2D eigenvalue weighted by Crippen LogP contribution is 2.30. The zero-order valence-electron chi connectivity index (χ0n) is 21.1. The maximum atomic E-state index is 12.4. The maximum absolute atomic E-state index is 12.4. The van der Waals surface area contributed by atoms with Crippen LogP contribution in [0, 0.1) is 0 Å². The molecule has 0 atom stereocenters. The van der Waals surface area contributed by atoms with E-state index in [2.05, 4.69) is 48.3 Å². The van der Waals surface area contributed by atoms with E-state index in [1.54, 1.807) is 50.4 Å². The maximum Gasteiger partial charge on any atom is 0.189 e. The van der Waals surface area contributed by atoms with Crippen molar-refractivity contribution in [3.63, 3.8) is 0 Å². The van der Waals surface area contributed by atoms with E-state index in [0.717, 1.165) is 17.6 Å². The number of anilines is 1. The van der Waals surface area contributed by atoms with E-state index in [9.17, 15) is 8.42 Å². The second kappa shape index (κ2) is 10.3. The van der Waals surface area contributed by atoms with Crippen LogP contribution in [0.2, 0.25) is 0 Å². The number of nitrogens with one attached hydrogen (secondary N) is 1. The molecule has 2 aromatic carbocycles. The topological polar surface area (TPSA) is 124 Å². The molecule has 0 radical (unpaired) electrons. The Kier molecular flexibility index (Phi) is 7.37. The van der Waals surface area contributed by atoms with Crippen LogP contribution in [-0.4, -0.2) is 58.2 Å². The van der Waals surface area contributed by atoms with Crippen molar-refractivity contribution in [2.24, 2.45) is 0 Å². The summed E-state index contributed by atoms with van der Waals surface area (Å²) in [7, 11) is 2.93. The molecule has 8 nitrogen and oxygen atoms in total. The molecule has 0 saturated heterocycles. The van der Waals surface area contributed by atoms with Gasteiger partial charge in [-0.15, -0.1) is 0 Å². The lowest BCUT2D eigenvalue weighted by atomic mass is 9.78. The Morgan fingerprint density at radius 2 is 1.78 bits per heavy atom. The Morgan fingerprint density at radius 3 is 2.42 bits per heavy atom. The summed E-state index contributed by atoms with van der Waals surface area (Å²) in [4.78, 5) is 9.19. The quantitative estimate of drug-likeness (QED) is 0.328. The summed E-state index contributed by atoms with van der Waals surface area (Å²) >= 11 is 0. The predicted molar refractivity (Wildman–Crippen MR) is 151 cm³/mol. The predicted octanol–water partition coefficient (Wildman–Crippen LogP) is 0.128. The summed E-state index contributed by atoms with van der Waals surface area (Å²) in [6, 6.07) is 14.6. The number of nitrogen functional groups attached to an aromatic ring is 1. The molecule has 0 amide bonds. The van der Waals surface area contributed by atoms with Gasteiger partial charge in [0.25, 0.3) is 0 Å². The van der Waals surface area contributed by atoms with E-state index in [1.807, 2.05) is 13.9 Å². The SMILES string of the molecule is Bc1cc(CNC(B)B)ccc1-c1cc(-c2nc(-c3ccc(S(=O)(=O)C(C)C)cc3)cnc2N)on1. The summed E-state index contributed by atoms with van der Waals surface area (Å²) in [6.45, 7) is 4.12. The summed E-state index contributed by atoms with van der Waals surface area (Å²) in [5, 5.41) is 7.17. The Bertz CT molecular complexity index is 1490. The first-order chi connectivity index (χ1) is 17.1. The van der Waals surface area contributed by atoms with Crippen molar-refractivity contribution in [1.29, 1.82) is 0 Å². The van der Waals surface area contributed by atoms with Crippen LogP contribution in [0.15, 0.2) is 64.1 Å². The van der Waals surface area contributed by atoms with Gasteiger partial charge < -0.3 is 15.6 Å². The van der Waals surface area contributed by atoms with Crippen molar-refractivity contribution < 1.29 is 12.9 Å². The van der Waals surface area contributed by atoms with Gasteiger partial charge in [-0.05, 0) is 37.1 Å². The van der Waals surface area contributed by atoms with Crippen LogP contribution in [0.4, 0.5) is 5.82 Å². The van der Waals surface area contributed by atoms with Crippen molar-refractivity contribution in [2.75, 3.05) is 5.73 Å². The second-order valence-electron chi connectivity index (χ2n) is 9.37. The van der Waals surface area contributed by atoms with Crippen LogP contribution in [0.1, 0.15) is 19.4 Å². The summed E-state index contributed by atoms with van der Waals surface area (Å²) < 4.78 is 30.4. The van der Waals surface area contributed by atoms with E-state index in [4.69, 9.17) is 10.3 Å². The highest BCUT2D eigenvalue weighted by molar-refractivity contribution is 7.92. The third-order valence-electron chi connectivity index (χ3n) is 5.92. The molecule has 36 heavy (non-hydrogen) atoms. The molecule has 12 heteroatoms. The van der Waals surface area contributed by atoms with Gasteiger partial charge in [0.2, 0.25) is 0 Å². The number of benzene rings is 2. The number of nitrogens with two attached hydrogens (primary N) is 1. The highest BCUT2D eigenvalue weighted by Gasteiger charge is 2.20. The first-order valence-electron chi connectivity index (χ1n) is 11.8. The fraction of sp³-hybridized carbons (Fsp3) is 0.208. The Morgan fingerprint density at radius 1 is 1.06 bits per heavy atom. The van der Waals surface area contributed by atoms with Gasteiger partial charge in [0.05, 0.1) is 22.0 Å². The molecule has 3 N–H and O–H groups in total. The largest absolute Gasteiger partial charge is 0.382 e. The Hall–Kier alpha value is -3.37. The van der Waals surface area contributed by atoms with Crippen molar-refractivity contribution >= 4 is 44.7 Å². The zero-order valence-corrected chi connectivity index (χ0v) is 21.9. The number of hydrogen-bond acceptors (Lipinski definition) is 8. The minimum atomic E-state index is -3.35. The lowest BCUT2D eigenvalue weighted by Gasteiger charge is -2.10. The average molecular weight is 499 g/mol. The van der Waals surface area contributed by atoms with Gasteiger partial charge in [-0.3, -0.25) is 0 Å². The normalized spacial score (nSPS) is 11.9.